The van der Waals surface area contributed by atoms with Crippen molar-refractivity contribution in [3.8, 4) is 0 Å². The molecular weight excluding hydrogens is 252 g/mol. The van der Waals surface area contributed by atoms with E-state index in [0.717, 1.165) is 0 Å². The summed E-state index contributed by atoms with van der Waals surface area (Å²) < 4.78 is 27.7. The first kappa shape index (κ1) is 11.8. The van der Waals surface area contributed by atoms with Gasteiger partial charge < -0.3 is 5.73 Å². The molecule has 1 saturated carbocycles. The molecule has 1 aromatic heterocycles. The van der Waals surface area contributed by atoms with E-state index in [1.54, 1.807) is 0 Å². The summed E-state index contributed by atoms with van der Waals surface area (Å²) in [5.74, 6) is 0. The minimum absolute atomic E-state index is 0.00496. The Balaban J connectivity index is 2.19. The lowest BCUT2D eigenvalue weighted by Crippen LogP contribution is -2.50. The SMILES string of the molecule is Cn1ncc(Cl)c1S(=O)(=O)NC1CC(N)C1. The highest BCUT2D eigenvalue weighted by atomic mass is 35.5. The molecule has 1 aromatic rings. The molecule has 0 bridgehead atoms. The minimum Gasteiger partial charge on any atom is -0.328 e. The molecule has 0 saturated heterocycles. The fourth-order valence-corrected chi connectivity index (χ4v) is 3.65. The summed E-state index contributed by atoms with van der Waals surface area (Å²) in [7, 11) is -2.06. The van der Waals surface area contributed by atoms with Gasteiger partial charge in [-0.25, -0.2) is 13.1 Å². The van der Waals surface area contributed by atoms with Crippen molar-refractivity contribution < 1.29 is 8.42 Å². The van der Waals surface area contributed by atoms with Crippen LogP contribution in [0, 0.1) is 0 Å². The Hall–Kier alpha value is -0.630. The monoisotopic (exact) mass is 264 g/mol. The second-order valence-corrected chi connectivity index (χ2v) is 6.01. The van der Waals surface area contributed by atoms with Gasteiger partial charge in [0, 0.05) is 19.1 Å². The van der Waals surface area contributed by atoms with E-state index in [2.05, 4.69) is 9.82 Å². The van der Waals surface area contributed by atoms with Crippen molar-refractivity contribution >= 4 is 21.6 Å². The molecule has 8 heteroatoms. The maximum absolute atomic E-state index is 11.9. The van der Waals surface area contributed by atoms with Crippen LogP contribution in [0.1, 0.15) is 12.8 Å². The third-order valence-electron chi connectivity index (χ3n) is 2.59. The molecule has 0 aliphatic heterocycles. The summed E-state index contributed by atoms with van der Waals surface area (Å²) in [6.07, 6.45) is 2.63. The van der Waals surface area contributed by atoms with Gasteiger partial charge in [-0.1, -0.05) is 11.6 Å². The van der Waals surface area contributed by atoms with Crippen LogP contribution in [-0.2, 0) is 17.1 Å². The van der Waals surface area contributed by atoms with E-state index < -0.39 is 10.0 Å². The quantitative estimate of drug-likeness (QED) is 0.794. The van der Waals surface area contributed by atoms with E-state index >= 15 is 0 Å². The fraction of sp³-hybridized carbons (Fsp3) is 0.625. The van der Waals surface area contributed by atoms with Crippen LogP contribution in [-0.4, -0.2) is 30.3 Å². The minimum atomic E-state index is -3.60. The number of nitrogens with zero attached hydrogens (tertiary/aromatic N) is 2. The lowest BCUT2D eigenvalue weighted by Gasteiger charge is -2.32. The Labute approximate surface area is 98.8 Å². The molecule has 16 heavy (non-hydrogen) atoms. The highest BCUT2D eigenvalue weighted by Crippen LogP contribution is 2.23. The summed E-state index contributed by atoms with van der Waals surface area (Å²) in [5, 5.41) is 3.91. The maximum Gasteiger partial charge on any atom is 0.259 e. The first-order valence-corrected chi connectivity index (χ1v) is 6.71. The van der Waals surface area contributed by atoms with Crippen LogP contribution in [0.4, 0.5) is 0 Å². The molecule has 3 N–H and O–H groups in total. The smallest absolute Gasteiger partial charge is 0.259 e. The Morgan fingerprint density at radius 1 is 1.62 bits per heavy atom. The zero-order valence-corrected chi connectivity index (χ0v) is 10.3. The van der Waals surface area contributed by atoms with Gasteiger partial charge in [0.2, 0.25) is 0 Å². The molecule has 1 aliphatic carbocycles. The average molecular weight is 265 g/mol. The molecule has 0 atom stereocenters. The van der Waals surface area contributed by atoms with Gasteiger partial charge in [-0.05, 0) is 12.8 Å². The number of aromatic nitrogens is 2. The number of nitrogens with one attached hydrogen (secondary N) is 1. The van der Waals surface area contributed by atoms with Crippen LogP contribution < -0.4 is 10.5 Å². The second kappa shape index (κ2) is 3.99. The third kappa shape index (κ3) is 2.08. The van der Waals surface area contributed by atoms with Crippen molar-refractivity contribution in [1.29, 1.82) is 0 Å². The van der Waals surface area contributed by atoms with Gasteiger partial charge in [-0.2, -0.15) is 5.10 Å². The average Bonchev–Trinajstić information content (AvgIpc) is 2.43. The Morgan fingerprint density at radius 2 is 2.25 bits per heavy atom. The number of sulfonamides is 1. The van der Waals surface area contributed by atoms with E-state index in [9.17, 15) is 8.42 Å². The summed E-state index contributed by atoms with van der Waals surface area (Å²) in [5.41, 5.74) is 5.59. The molecule has 1 aliphatic rings. The van der Waals surface area contributed by atoms with Crippen LogP contribution in [0.2, 0.25) is 5.02 Å². The highest BCUT2D eigenvalue weighted by Gasteiger charge is 2.32. The molecule has 1 fully saturated rings. The zero-order chi connectivity index (χ0) is 11.9. The van der Waals surface area contributed by atoms with Gasteiger partial charge in [0.15, 0.2) is 5.03 Å². The molecule has 1 heterocycles. The van der Waals surface area contributed by atoms with Crippen LogP contribution in [0.5, 0.6) is 0 Å². The van der Waals surface area contributed by atoms with E-state index in [4.69, 9.17) is 17.3 Å². The van der Waals surface area contributed by atoms with Gasteiger partial charge in [0.25, 0.3) is 10.0 Å². The third-order valence-corrected chi connectivity index (χ3v) is 4.62. The fourth-order valence-electron chi connectivity index (χ4n) is 1.74. The van der Waals surface area contributed by atoms with Gasteiger partial charge in [0.1, 0.15) is 0 Å². The summed E-state index contributed by atoms with van der Waals surface area (Å²) in [6.45, 7) is 0. The van der Waals surface area contributed by atoms with Crippen molar-refractivity contribution in [2.24, 2.45) is 12.8 Å². The van der Waals surface area contributed by atoms with Crippen molar-refractivity contribution in [1.82, 2.24) is 14.5 Å². The Morgan fingerprint density at radius 3 is 2.69 bits per heavy atom. The number of aryl methyl sites for hydroxylation is 1. The maximum atomic E-state index is 11.9. The van der Waals surface area contributed by atoms with Gasteiger partial charge in [-0.3, -0.25) is 4.68 Å². The van der Waals surface area contributed by atoms with Crippen molar-refractivity contribution in [3.05, 3.63) is 11.2 Å². The number of rotatable bonds is 3. The molecule has 0 unspecified atom stereocenters. The molecule has 0 amide bonds. The van der Waals surface area contributed by atoms with E-state index in [1.807, 2.05) is 0 Å². The zero-order valence-electron chi connectivity index (χ0n) is 8.72. The molecule has 90 valence electrons. The largest absolute Gasteiger partial charge is 0.328 e. The van der Waals surface area contributed by atoms with Crippen LogP contribution in [0.15, 0.2) is 11.2 Å². The Kier molecular flexibility index (Phi) is 2.95. The number of hydrogen-bond donors (Lipinski definition) is 2. The topological polar surface area (TPSA) is 90.0 Å². The van der Waals surface area contributed by atoms with Gasteiger partial charge in [0.05, 0.1) is 11.2 Å². The summed E-state index contributed by atoms with van der Waals surface area (Å²) >= 11 is 5.78. The lowest BCUT2D eigenvalue weighted by atomic mass is 9.89. The molecule has 0 radical (unpaired) electrons. The number of hydrogen-bond acceptors (Lipinski definition) is 4. The van der Waals surface area contributed by atoms with Crippen LogP contribution >= 0.6 is 11.6 Å². The Bertz CT molecular complexity index is 473. The van der Waals surface area contributed by atoms with E-state index in [-0.39, 0.29) is 22.1 Å². The molecular formula is C8H13ClN4O2S. The first-order valence-electron chi connectivity index (χ1n) is 4.85. The second-order valence-electron chi connectivity index (χ2n) is 3.97. The lowest BCUT2D eigenvalue weighted by molar-refractivity contribution is 0.326. The van der Waals surface area contributed by atoms with Crippen LogP contribution in [0.25, 0.3) is 0 Å². The van der Waals surface area contributed by atoms with E-state index in [1.165, 1.54) is 17.9 Å². The molecule has 0 spiro atoms. The first-order chi connectivity index (χ1) is 7.40. The van der Waals surface area contributed by atoms with Crippen molar-refractivity contribution in [2.45, 2.75) is 30.0 Å². The van der Waals surface area contributed by atoms with Crippen LogP contribution in [0.3, 0.4) is 0 Å². The van der Waals surface area contributed by atoms with Crippen molar-refractivity contribution in [3.63, 3.8) is 0 Å². The highest BCUT2D eigenvalue weighted by molar-refractivity contribution is 7.89. The standard InChI is InChI=1S/C8H13ClN4O2S/c1-13-8(7(9)4-11-13)16(14,15)12-6-2-5(10)3-6/h4-6,12H,2-3,10H2,1H3. The normalized spacial score (nSPS) is 25.4. The van der Waals surface area contributed by atoms with Gasteiger partial charge >= 0.3 is 0 Å². The molecule has 0 aromatic carbocycles. The van der Waals surface area contributed by atoms with E-state index in [0.29, 0.717) is 12.8 Å². The molecule has 2 rings (SSSR count). The number of nitrogens with two attached hydrogens (primary N) is 1. The summed E-state index contributed by atoms with van der Waals surface area (Å²) in [4.78, 5) is 0. The predicted octanol–water partition coefficient (Wildman–Crippen LogP) is -0.159. The summed E-state index contributed by atoms with van der Waals surface area (Å²) in [6, 6.07) is 0.000626. The predicted molar refractivity (Wildman–Crippen MR) is 59.5 cm³/mol. The molecule has 6 nitrogen and oxygen atoms in total. The van der Waals surface area contributed by atoms with Gasteiger partial charge in [-0.15, -0.1) is 0 Å². The number of halogens is 1. The van der Waals surface area contributed by atoms with Crippen molar-refractivity contribution in [2.75, 3.05) is 0 Å².